The number of carbonyl (C=O) groups is 2. The molecule has 6 aromatic carbocycles. The predicted molar refractivity (Wildman–Crippen MR) is 180 cm³/mol. The Morgan fingerprint density at radius 2 is 1.43 bits per heavy atom. The number of aromatic amines is 1. The molecule has 0 unspecified atom stereocenters. The molecule has 8 rings (SSSR count). The Balaban J connectivity index is 1.21. The molecule has 0 saturated carbocycles. The Hall–Kier alpha value is -6.61. The summed E-state index contributed by atoms with van der Waals surface area (Å²) in [5.74, 6) is -0.452. The molecule has 0 fully saturated rings. The molecule has 9 heteroatoms. The van der Waals surface area contributed by atoms with Crippen molar-refractivity contribution in [3.8, 4) is 5.75 Å². The lowest BCUT2D eigenvalue weighted by molar-refractivity contribution is 0.0981. The number of hydrogen-bond acceptors (Lipinski definition) is 6. The lowest BCUT2D eigenvalue weighted by atomic mass is 10.00. The predicted octanol–water partition coefficient (Wildman–Crippen LogP) is 8.67. The number of phenolic OH excluding ortho intramolecular Hbond substituents is 1. The minimum absolute atomic E-state index is 0.0748. The number of anilines is 1. The molecule has 0 spiro atoms. The number of nitrogens with one attached hydrogen (secondary N) is 3. The maximum Gasteiger partial charge on any atom is 0.259 e. The van der Waals surface area contributed by atoms with E-state index in [0.717, 1.165) is 27.4 Å². The standard InChI is InChI=1S/C37H24N6O3/c44-34-29(37(46)39-22-8-2-1-3-9-22)20-21-14-19-26-25-10-6-7-13-30(25)40-32(26)31(21)33(34)43-42-24-17-15-23(16-18-24)38-35-27-11-4-5-12-28(27)36(45)41-35/h1-20,40,44H,(H,39,46)(H,38,41,45). The maximum absolute atomic E-state index is 13.4. The quantitative estimate of drug-likeness (QED) is 0.147. The molecule has 4 N–H and O–H groups in total. The summed E-state index contributed by atoms with van der Waals surface area (Å²) < 4.78 is 0. The van der Waals surface area contributed by atoms with E-state index in [-0.39, 0.29) is 22.9 Å². The van der Waals surface area contributed by atoms with Crippen molar-refractivity contribution in [2.45, 2.75) is 0 Å². The molecule has 2 heterocycles. The average Bonchev–Trinajstić information content (AvgIpc) is 3.62. The second-order valence-corrected chi connectivity index (χ2v) is 10.9. The van der Waals surface area contributed by atoms with Crippen LogP contribution in [0.2, 0.25) is 0 Å². The van der Waals surface area contributed by atoms with E-state index < -0.39 is 5.91 Å². The fraction of sp³-hybridized carbons (Fsp3) is 0. The van der Waals surface area contributed by atoms with E-state index in [1.54, 1.807) is 48.5 Å². The van der Waals surface area contributed by atoms with E-state index in [4.69, 9.17) is 0 Å². The van der Waals surface area contributed by atoms with Crippen LogP contribution in [-0.4, -0.2) is 27.7 Å². The van der Waals surface area contributed by atoms with E-state index in [9.17, 15) is 14.7 Å². The molecule has 1 aliphatic rings. The Morgan fingerprint density at radius 3 is 2.26 bits per heavy atom. The van der Waals surface area contributed by atoms with Gasteiger partial charge < -0.3 is 20.7 Å². The minimum Gasteiger partial charge on any atom is -0.505 e. The van der Waals surface area contributed by atoms with Crippen molar-refractivity contribution < 1.29 is 14.7 Å². The largest absolute Gasteiger partial charge is 0.505 e. The van der Waals surface area contributed by atoms with Crippen LogP contribution in [0.3, 0.4) is 0 Å². The number of carbonyl (C=O) groups excluding carboxylic acids is 2. The summed E-state index contributed by atoms with van der Waals surface area (Å²) in [6, 6.07) is 36.9. The molecule has 0 bridgehead atoms. The van der Waals surface area contributed by atoms with Crippen LogP contribution in [-0.2, 0) is 0 Å². The Morgan fingerprint density at radius 1 is 0.717 bits per heavy atom. The van der Waals surface area contributed by atoms with E-state index in [1.165, 1.54) is 0 Å². The minimum atomic E-state index is -0.470. The Labute approximate surface area is 262 Å². The van der Waals surface area contributed by atoms with Crippen LogP contribution in [0, 0.1) is 0 Å². The molecule has 1 aromatic heterocycles. The van der Waals surface area contributed by atoms with E-state index in [0.29, 0.717) is 39.2 Å². The summed E-state index contributed by atoms with van der Waals surface area (Å²) in [7, 11) is 0. The summed E-state index contributed by atoms with van der Waals surface area (Å²) in [6.07, 6.45) is 0. The molecular weight excluding hydrogens is 576 g/mol. The number of aromatic nitrogens is 1. The van der Waals surface area contributed by atoms with Crippen LogP contribution in [0.15, 0.2) is 137 Å². The SMILES string of the molecule is O=C1NC(=Nc2ccc(N=Nc3c(O)c(C(=O)Nc4ccccc4)cc4ccc5c6ccccc6[nH]c5c34)cc2)c2ccccc21. The van der Waals surface area contributed by atoms with Gasteiger partial charge in [-0.2, -0.15) is 5.11 Å². The number of para-hydroxylation sites is 2. The fourth-order valence-corrected chi connectivity index (χ4v) is 5.82. The number of aromatic hydroxyl groups is 1. The van der Waals surface area contributed by atoms with Crippen LogP contribution in [0.25, 0.3) is 32.6 Å². The molecule has 2 amide bonds. The van der Waals surface area contributed by atoms with E-state index >= 15 is 0 Å². The van der Waals surface area contributed by atoms with Crippen molar-refractivity contribution in [1.82, 2.24) is 10.3 Å². The Bertz CT molecular complexity index is 2410. The zero-order valence-corrected chi connectivity index (χ0v) is 24.2. The third kappa shape index (κ3) is 4.63. The van der Waals surface area contributed by atoms with Gasteiger partial charge in [0.25, 0.3) is 11.8 Å². The fourth-order valence-electron chi connectivity index (χ4n) is 5.82. The van der Waals surface area contributed by atoms with Crippen LogP contribution < -0.4 is 10.6 Å². The van der Waals surface area contributed by atoms with Gasteiger partial charge in [-0.1, -0.05) is 66.7 Å². The number of benzene rings is 6. The smallest absolute Gasteiger partial charge is 0.259 e. The van der Waals surface area contributed by atoms with Gasteiger partial charge in [-0.15, -0.1) is 5.11 Å². The highest BCUT2D eigenvalue weighted by atomic mass is 16.3. The van der Waals surface area contributed by atoms with Crippen LogP contribution in [0.5, 0.6) is 5.75 Å². The van der Waals surface area contributed by atoms with Gasteiger partial charge in [0.1, 0.15) is 11.5 Å². The summed E-state index contributed by atoms with van der Waals surface area (Å²) >= 11 is 0. The maximum atomic E-state index is 13.4. The number of azo groups is 1. The second-order valence-electron chi connectivity index (χ2n) is 10.9. The lowest BCUT2D eigenvalue weighted by Crippen LogP contribution is -2.21. The topological polar surface area (TPSA) is 131 Å². The van der Waals surface area contributed by atoms with Gasteiger partial charge in [0.05, 0.1) is 28.0 Å². The van der Waals surface area contributed by atoms with Gasteiger partial charge in [0.2, 0.25) is 0 Å². The van der Waals surface area contributed by atoms with Gasteiger partial charge in [0, 0.05) is 32.9 Å². The summed E-state index contributed by atoms with van der Waals surface area (Å²) in [5, 5.41) is 29.6. The van der Waals surface area contributed by atoms with Crippen molar-refractivity contribution in [3.63, 3.8) is 0 Å². The lowest BCUT2D eigenvalue weighted by Gasteiger charge is -2.12. The van der Waals surface area contributed by atoms with Gasteiger partial charge in [0.15, 0.2) is 5.75 Å². The first-order valence-electron chi connectivity index (χ1n) is 14.6. The van der Waals surface area contributed by atoms with Crippen molar-refractivity contribution in [3.05, 3.63) is 138 Å². The van der Waals surface area contributed by atoms with Crippen molar-refractivity contribution >= 4 is 73.0 Å². The van der Waals surface area contributed by atoms with E-state index in [2.05, 4.69) is 30.8 Å². The molecule has 0 radical (unpaired) electrons. The van der Waals surface area contributed by atoms with Crippen molar-refractivity contribution in [1.29, 1.82) is 0 Å². The van der Waals surface area contributed by atoms with Gasteiger partial charge in [-0.05, 0) is 60.0 Å². The molecule has 9 nitrogen and oxygen atoms in total. The van der Waals surface area contributed by atoms with E-state index in [1.807, 2.05) is 72.8 Å². The molecule has 7 aromatic rings. The van der Waals surface area contributed by atoms with Crippen molar-refractivity contribution in [2.24, 2.45) is 15.2 Å². The first-order valence-corrected chi connectivity index (χ1v) is 14.6. The number of aliphatic imine (C=N–C) groups is 1. The zero-order valence-electron chi connectivity index (χ0n) is 24.2. The molecule has 46 heavy (non-hydrogen) atoms. The van der Waals surface area contributed by atoms with Crippen LogP contribution >= 0.6 is 0 Å². The summed E-state index contributed by atoms with van der Waals surface area (Å²) in [4.78, 5) is 33.8. The first kappa shape index (κ1) is 27.0. The highest BCUT2D eigenvalue weighted by molar-refractivity contribution is 6.24. The van der Waals surface area contributed by atoms with Gasteiger partial charge in [-0.3, -0.25) is 9.59 Å². The van der Waals surface area contributed by atoms with Gasteiger partial charge >= 0.3 is 0 Å². The summed E-state index contributed by atoms with van der Waals surface area (Å²) in [5.41, 5.74) is 5.04. The van der Waals surface area contributed by atoms with Crippen molar-refractivity contribution in [2.75, 3.05) is 5.32 Å². The number of phenols is 1. The molecule has 0 saturated heterocycles. The Kier molecular flexibility index (Phi) is 6.35. The summed E-state index contributed by atoms with van der Waals surface area (Å²) in [6.45, 7) is 0. The number of amidine groups is 1. The number of amides is 2. The molecule has 0 aliphatic carbocycles. The number of nitrogens with zero attached hydrogens (tertiary/aromatic N) is 3. The zero-order chi connectivity index (χ0) is 31.2. The number of hydrogen-bond donors (Lipinski definition) is 4. The van der Waals surface area contributed by atoms with Crippen LogP contribution in [0.1, 0.15) is 26.3 Å². The normalized spacial score (nSPS) is 13.6. The monoisotopic (exact) mass is 600 g/mol. The number of rotatable bonds is 5. The molecule has 1 aliphatic heterocycles. The highest BCUT2D eigenvalue weighted by Crippen LogP contribution is 2.44. The molecule has 220 valence electrons. The third-order valence-corrected chi connectivity index (χ3v) is 8.02. The van der Waals surface area contributed by atoms with Crippen LogP contribution in [0.4, 0.5) is 22.7 Å². The average molecular weight is 601 g/mol. The second kappa shape index (κ2) is 10.8. The number of fused-ring (bicyclic) bond motifs is 6. The molecular formula is C37H24N6O3. The highest BCUT2D eigenvalue weighted by Gasteiger charge is 2.24. The molecule has 0 atom stereocenters. The van der Waals surface area contributed by atoms with Gasteiger partial charge in [-0.25, -0.2) is 4.99 Å². The third-order valence-electron chi connectivity index (χ3n) is 8.02. The first-order chi connectivity index (χ1) is 22.5. The number of H-pyrrole nitrogens is 1.